The van der Waals surface area contributed by atoms with Gasteiger partial charge in [0.05, 0.1) is 24.0 Å². The number of benzene rings is 2. The number of aryl methyl sites for hydroxylation is 1. The van der Waals surface area contributed by atoms with E-state index in [9.17, 15) is 19.5 Å². The summed E-state index contributed by atoms with van der Waals surface area (Å²) in [7, 11) is -2.90. The van der Waals surface area contributed by atoms with Gasteiger partial charge in [-0.2, -0.15) is 0 Å². The number of piperidine rings is 2. The molecule has 1 spiro atoms. The van der Waals surface area contributed by atoms with E-state index in [-0.39, 0.29) is 42.3 Å². The molecule has 1 aromatic heterocycles. The van der Waals surface area contributed by atoms with Crippen LogP contribution in [0.4, 0.5) is 17.1 Å². The molecule has 0 radical (unpaired) electrons. The summed E-state index contributed by atoms with van der Waals surface area (Å²) < 4.78 is 8.80. The molecule has 4 aliphatic rings. The number of hydrogen-bond acceptors (Lipinski definition) is 8. The number of carbonyl (C=O) groups is 3. The Bertz CT molecular complexity index is 1770. The van der Waals surface area contributed by atoms with Crippen LogP contribution in [0.25, 0.3) is 0 Å². The minimum absolute atomic E-state index is 0.0133. The molecule has 0 unspecified atom stereocenters. The van der Waals surface area contributed by atoms with Crippen molar-refractivity contribution in [1.82, 2.24) is 15.0 Å². The van der Waals surface area contributed by atoms with Crippen LogP contribution in [0.15, 0.2) is 48.7 Å². The number of carbonyl (C=O) groups excluding carboxylic acids is 3. The van der Waals surface area contributed by atoms with Crippen LogP contribution >= 0.6 is 0 Å². The first-order valence-corrected chi connectivity index (χ1v) is 21.1. The van der Waals surface area contributed by atoms with Gasteiger partial charge in [0.25, 0.3) is 5.91 Å². The lowest BCUT2D eigenvalue weighted by Crippen LogP contribution is -2.46. The molecule has 50 heavy (non-hydrogen) atoms. The van der Waals surface area contributed by atoms with Crippen molar-refractivity contribution in [3.8, 4) is 0 Å². The Labute approximate surface area is 294 Å². The molecule has 266 valence electrons. The summed E-state index contributed by atoms with van der Waals surface area (Å²) in [6.45, 7) is 7.89. The standard InChI is InChI=1S/C37H48N6O6Si/c1-25-35(50(2,3)48)32(15-19-40-24-27(16-20-44)38-39-40)49-37(25)30-22-29(42-18-7-5-12-34(42)46)13-14-31(30)43(36(37)47)23-26-9-8-10-28(21-26)41-17-6-4-11-33(41)45/h8-10,13-14,21-22,24-25,32,35,44,48H,4-7,11-12,15-20,23H2,1-3H3/t25-,32+,35-,37+/m0/s1. The summed E-state index contributed by atoms with van der Waals surface area (Å²) in [5, 5.41) is 17.7. The van der Waals surface area contributed by atoms with Crippen LogP contribution < -0.4 is 14.7 Å². The topological polar surface area (TPSA) is 141 Å². The summed E-state index contributed by atoms with van der Waals surface area (Å²) in [4.78, 5) is 58.1. The van der Waals surface area contributed by atoms with Crippen molar-refractivity contribution >= 4 is 43.1 Å². The molecule has 2 N–H and O–H groups in total. The zero-order chi connectivity index (χ0) is 35.2. The fraction of sp³-hybridized carbons (Fsp3) is 0.541. The first-order valence-electron chi connectivity index (χ1n) is 18.1. The molecule has 7 rings (SSSR count). The minimum Gasteiger partial charge on any atom is -0.432 e. The van der Waals surface area contributed by atoms with E-state index in [1.165, 1.54) is 0 Å². The molecule has 4 atom stereocenters. The molecule has 4 aliphatic heterocycles. The first kappa shape index (κ1) is 34.5. The lowest BCUT2D eigenvalue weighted by molar-refractivity contribution is -0.146. The molecule has 0 saturated carbocycles. The molecule has 3 fully saturated rings. The number of aliphatic hydroxyl groups excluding tert-OH is 1. The number of aliphatic hydroxyl groups is 1. The molecule has 5 heterocycles. The van der Waals surface area contributed by atoms with E-state index >= 15 is 4.79 Å². The number of ether oxygens (including phenoxy) is 1. The Morgan fingerprint density at radius 1 is 0.960 bits per heavy atom. The SMILES string of the molecule is C[C@H]1[C@H]([Si](C)(C)O)[C@@H](CCn2cc(CCO)nn2)O[C@]12C(=O)N(Cc1cccc(N3CCCCC3=O)c1)c1ccc(N3CCCCC3=O)cc12. The lowest BCUT2D eigenvalue weighted by atomic mass is 9.82. The van der Waals surface area contributed by atoms with E-state index in [1.807, 2.05) is 78.5 Å². The average molecular weight is 701 g/mol. The predicted molar refractivity (Wildman–Crippen MR) is 191 cm³/mol. The maximum absolute atomic E-state index is 15.1. The van der Waals surface area contributed by atoms with Gasteiger partial charge >= 0.3 is 0 Å². The van der Waals surface area contributed by atoms with Crippen LogP contribution in [0.2, 0.25) is 18.6 Å². The summed E-state index contributed by atoms with van der Waals surface area (Å²) in [6, 6.07) is 13.7. The first-order chi connectivity index (χ1) is 24.0. The van der Waals surface area contributed by atoms with Crippen molar-refractivity contribution < 1.29 is 29.0 Å². The van der Waals surface area contributed by atoms with Crippen LogP contribution in [0, 0.1) is 5.92 Å². The molecular formula is C37H48N6O6Si. The zero-order valence-corrected chi connectivity index (χ0v) is 30.3. The van der Waals surface area contributed by atoms with E-state index in [1.54, 1.807) is 9.58 Å². The Morgan fingerprint density at radius 2 is 1.66 bits per heavy atom. The average Bonchev–Trinajstić information content (AvgIpc) is 3.74. The van der Waals surface area contributed by atoms with Crippen LogP contribution in [0.5, 0.6) is 0 Å². The zero-order valence-electron chi connectivity index (χ0n) is 29.3. The summed E-state index contributed by atoms with van der Waals surface area (Å²) >= 11 is 0. The maximum Gasteiger partial charge on any atom is 0.264 e. The van der Waals surface area contributed by atoms with E-state index < -0.39 is 20.0 Å². The second kappa shape index (κ2) is 13.7. The summed E-state index contributed by atoms with van der Waals surface area (Å²) in [6.07, 6.45) is 6.97. The molecule has 3 aromatic rings. The Morgan fingerprint density at radius 3 is 2.32 bits per heavy atom. The lowest BCUT2D eigenvalue weighted by Gasteiger charge is -2.33. The van der Waals surface area contributed by atoms with Crippen molar-refractivity contribution in [3.05, 3.63) is 65.5 Å². The van der Waals surface area contributed by atoms with Crippen LogP contribution in [-0.2, 0) is 44.2 Å². The molecule has 13 heteroatoms. The third-order valence-corrected chi connectivity index (χ3v) is 13.6. The van der Waals surface area contributed by atoms with Crippen molar-refractivity contribution in [2.45, 2.75) is 102 Å². The minimum atomic E-state index is -2.90. The predicted octanol–water partition coefficient (Wildman–Crippen LogP) is 4.28. The van der Waals surface area contributed by atoms with Crippen LogP contribution in [0.3, 0.4) is 0 Å². The Balaban J connectivity index is 1.26. The number of aromatic nitrogens is 3. The van der Waals surface area contributed by atoms with Gasteiger partial charge in [-0.3, -0.25) is 19.1 Å². The van der Waals surface area contributed by atoms with E-state index in [4.69, 9.17) is 4.74 Å². The van der Waals surface area contributed by atoms with E-state index in [0.29, 0.717) is 51.0 Å². The van der Waals surface area contributed by atoms with Gasteiger partial charge in [-0.25, -0.2) is 0 Å². The van der Waals surface area contributed by atoms with Gasteiger partial charge in [0, 0.05) is 80.1 Å². The van der Waals surface area contributed by atoms with Crippen molar-refractivity contribution in [1.29, 1.82) is 0 Å². The second-order valence-corrected chi connectivity index (χ2v) is 18.8. The molecule has 2 aromatic carbocycles. The van der Waals surface area contributed by atoms with Crippen molar-refractivity contribution in [2.24, 2.45) is 5.92 Å². The van der Waals surface area contributed by atoms with Crippen LogP contribution in [0.1, 0.15) is 68.7 Å². The fourth-order valence-electron chi connectivity index (χ4n) is 8.76. The highest BCUT2D eigenvalue weighted by Crippen LogP contribution is 2.60. The number of anilines is 3. The van der Waals surface area contributed by atoms with E-state index in [2.05, 4.69) is 10.3 Å². The maximum atomic E-state index is 15.1. The monoisotopic (exact) mass is 700 g/mol. The highest BCUT2D eigenvalue weighted by Gasteiger charge is 2.66. The Kier molecular flexibility index (Phi) is 9.44. The number of nitrogens with zero attached hydrogens (tertiary/aromatic N) is 6. The van der Waals surface area contributed by atoms with Crippen molar-refractivity contribution in [2.75, 3.05) is 34.4 Å². The van der Waals surface area contributed by atoms with E-state index in [0.717, 1.165) is 53.9 Å². The molecule has 3 saturated heterocycles. The molecule has 12 nitrogen and oxygen atoms in total. The third-order valence-electron chi connectivity index (χ3n) is 11.1. The summed E-state index contributed by atoms with van der Waals surface area (Å²) in [5.41, 5.74) is 3.01. The highest BCUT2D eigenvalue weighted by atomic mass is 28.4. The van der Waals surface area contributed by atoms with Gasteiger partial charge < -0.3 is 29.3 Å². The Hall–Kier alpha value is -3.91. The van der Waals surface area contributed by atoms with Gasteiger partial charge in [0.2, 0.25) is 11.8 Å². The molecule has 3 amide bonds. The smallest absolute Gasteiger partial charge is 0.264 e. The largest absolute Gasteiger partial charge is 0.432 e. The number of amides is 3. The number of fused-ring (bicyclic) bond motifs is 2. The number of hydrogen-bond donors (Lipinski definition) is 2. The normalized spacial score (nSPS) is 25.7. The van der Waals surface area contributed by atoms with Crippen molar-refractivity contribution in [3.63, 3.8) is 0 Å². The van der Waals surface area contributed by atoms with Gasteiger partial charge in [-0.1, -0.05) is 24.3 Å². The third kappa shape index (κ3) is 6.18. The highest BCUT2D eigenvalue weighted by molar-refractivity contribution is 6.71. The molecule has 0 aliphatic carbocycles. The van der Waals surface area contributed by atoms with Gasteiger partial charge in [0.15, 0.2) is 13.9 Å². The number of rotatable bonds is 10. The molecular weight excluding hydrogens is 653 g/mol. The van der Waals surface area contributed by atoms with Crippen LogP contribution in [-0.4, -0.2) is 76.7 Å². The fourth-order valence-corrected chi connectivity index (χ4v) is 11.4. The molecule has 0 bridgehead atoms. The quantitative estimate of drug-likeness (QED) is 0.299. The van der Waals surface area contributed by atoms with Gasteiger partial charge in [0.1, 0.15) is 0 Å². The van der Waals surface area contributed by atoms with Gasteiger partial charge in [-0.05, 0) is 81.1 Å². The second-order valence-electron chi connectivity index (χ2n) is 14.9. The summed E-state index contributed by atoms with van der Waals surface area (Å²) in [5.74, 6) is -0.353. The van der Waals surface area contributed by atoms with Gasteiger partial charge in [-0.15, -0.1) is 5.10 Å².